The van der Waals surface area contributed by atoms with Gasteiger partial charge in [-0.25, -0.2) is 8.42 Å². The van der Waals surface area contributed by atoms with Crippen LogP contribution in [0.2, 0.25) is 0 Å². The number of anilines is 2. The number of hydrogen-bond acceptors (Lipinski definition) is 4. The molecule has 1 N–H and O–H groups in total. The summed E-state index contributed by atoms with van der Waals surface area (Å²) in [5.41, 5.74) is 4.03. The molecule has 0 fully saturated rings. The Morgan fingerprint density at radius 2 is 1.69 bits per heavy atom. The first-order chi connectivity index (χ1) is 15.4. The lowest BCUT2D eigenvalue weighted by Crippen LogP contribution is -2.32. The highest BCUT2D eigenvalue weighted by Crippen LogP contribution is 2.32. The van der Waals surface area contributed by atoms with Crippen LogP contribution >= 0.6 is 0 Å². The van der Waals surface area contributed by atoms with Crippen molar-refractivity contribution in [2.75, 3.05) is 29.5 Å². The number of nitrogens with one attached hydrogen (secondary N) is 1. The molecule has 3 rings (SSSR count). The molecule has 0 aliphatic heterocycles. The Balaban J connectivity index is 1.70. The van der Waals surface area contributed by atoms with Gasteiger partial charge in [-0.1, -0.05) is 60.7 Å². The highest BCUT2D eigenvalue weighted by Gasteiger charge is 2.21. The Labute approximate surface area is 189 Å². The van der Waals surface area contributed by atoms with E-state index in [0.29, 0.717) is 24.4 Å². The number of ether oxygens (including phenoxy) is 1. The van der Waals surface area contributed by atoms with Crippen molar-refractivity contribution in [1.29, 1.82) is 0 Å². The number of nitrogens with zero attached hydrogens (tertiary/aromatic N) is 1. The van der Waals surface area contributed by atoms with E-state index in [1.54, 1.807) is 13.2 Å². The van der Waals surface area contributed by atoms with Gasteiger partial charge in [0.25, 0.3) is 0 Å². The van der Waals surface area contributed by atoms with Crippen molar-refractivity contribution in [1.82, 2.24) is 0 Å². The summed E-state index contributed by atoms with van der Waals surface area (Å²) < 4.78 is 31.7. The molecule has 0 aliphatic rings. The third-order valence-corrected chi connectivity index (χ3v) is 6.12. The molecule has 0 radical (unpaired) electrons. The van der Waals surface area contributed by atoms with Crippen molar-refractivity contribution in [3.8, 4) is 11.1 Å². The Bertz CT molecular complexity index is 1150. The zero-order valence-electron chi connectivity index (χ0n) is 18.3. The van der Waals surface area contributed by atoms with E-state index in [4.69, 9.17) is 4.74 Å². The number of benzene rings is 3. The average molecular weight is 453 g/mol. The lowest BCUT2D eigenvalue weighted by atomic mass is 10.0. The van der Waals surface area contributed by atoms with Gasteiger partial charge in [0.1, 0.15) is 0 Å². The van der Waals surface area contributed by atoms with Crippen molar-refractivity contribution in [3.05, 3.63) is 84.4 Å². The predicted octanol–water partition coefficient (Wildman–Crippen LogP) is 4.68. The highest BCUT2D eigenvalue weighted by atomic mass is 32.2. The standard InChI is InChI=1S/C25H28N2O4S/c1-31-19-20-10-8-13-22(18-20)26-25(28)16-9-17-27(32(2,29)30)24-15-7-6-14-23(24)21-11-4-3-5-12-21/h3-8,10-15,18H,9,16-17,19H2,1-2H3,(H,26,28). The van der Waals surface area contributed by atoms with Gasteiger partial charge in [-0.2, -0.15) is 0 Å². The van der Waals surface area contributed by atoms with E-state index in [0.717, 1.165) is 16.7 Å². The molecular weight excluding hydrogens is 424 g/mol. The van der Waals surface area contributed by atoms with Gasteiger partial charge in [-0.3, -0.25) is 9.10 Å². The van der Waals surface area contributed by atoms with E-state index in [2.05, 4.69) is 5.32 Å². The van der Waals surface area contributed by atoms with Crippen LogP contribution in [0, 0.1) is 0 Å². The Hall–Kier alpha value is -3.16. The minimum Gasteiger partial charge on any atom is -0.380 e. The zero-order chi connectivity index (χ0) is 23.0. The monoisotopic (exact) mass is 452 g/mol. The molecule has 3 aromatic rings. The van der Waals surface area contributed by atoms with Gasteiger partial charge in [0.2, 0.25) is 15.9 Å². The summed E-state index contributed by atoms with van der Waals surface area (Å²) in [6, 6.07) is 24.5. The fourth-order valence-electron chi connectivity index (χ4n) is 3.53. The van der Waals surface area contributed by atoms with E-state index in [9.17, 15) is 13.2 Å². The van der Waals surface area contributed by atoms with E-state index in [1.165, 1.54) is 10.6 Å². The number of sulfonamides is 1. The Kier molecular flexibility index (Phi) is 8.03. The molecule has 0 bridgehead atoms. The topological polar surface area (TPSA) is 75.7 Å². The summed E-state index contributed by atoms with van der Waals surface area (Å²) in [6.07, 6.45) is 1.78. The van der Waals surface area contributed by atoms with Crippen LogP contribution in [0.1, 0.15) is 18.4 Å². The normalized spacial score (nSPS) is 11.2. The number of rotatable bonds is 10. The van der Waals surface area contributed by atoms with Crippen LogP contribution in [0.4, 0.5) is 11.4 Å². The van der Waals surface area contributed by atoms with Crippen molar-refractivity contribution in [2.45, 2.75) is 19.4 Å². The number of hydrogen-bond donors (Lipinski definition) is 1. The molecule has 6 nitrogen and oxygen atoms in total. The number of carbonyl (C=O) groups is 1. The van der Waals surface area contributed by atoms with Crippen molar-refractivity contribution in [2.24, 2.45) is 0 Å². The average Bonchev–Trinajstić information content (AvgIpc) is 2.77. The second-order valence-electron chi connectivity index (χ2n) is 7.50. The van der Waals surface area contributed by atoms with Gasteiger partial charge in [-0.15, -0.1) is 0 Å². The maximum absolute atomic E-state index is 12.6. The fourth-order valence-corrected chi connectivity index (χ4v) is 4.51. The number of carbonyl (C=O) groups excluding carboxylic acids is 1. The van der Waals surface area contributed by atoms with Crippen LogP contribution in [0.25, 0.3) is 11.1 Å². The molecule has 3 aromatic carbocycles. The molecule has 7 heteroatoms. The van der Waals surface area contributed by atoms with E-state index in [-0.39, 0.29) is 18.9 Å². The largest absolute Gasteiger partial charge is 0.380 e. The van der Waals surface area contributed by atoms with Crippen LogP contribution in [0.5, 0.6) is 0 Å². The third kappa shape index (κ3) is 6.42. The number of amides is 1. The molecule has 32 heavy (non-hydrogen) atoms. The molecule has 0 saturated carbocycles. The van der Waals surface area contributed by atoms with Gasteiger partial charge in [0, 0.05) is 31.3 Å². The molecule has 1 amide bonds. The summed E-state index contributed by atoms with van der Waals surface area (Å²) in [4.78, 5) is 12.4. The van der Waals surface area contributed by atoms with Crippen molar-refractivity contribution >= 4 is 27.3 Å². The van der Waals surface area contributed by atoms with Crippen LogP contribution < -0.4 is 9.62 Å². The quantitative estimate of drug-likeness (QED) is 0.484. The molecule has 168 valence electrons. The maximum Gasteiger partial charge on any atom is 0.232 e. The molecule has 0 saturated heterocycles. The summed E-state index contributed by atoms with van der Waals surface area (Å²) in [5, 5.41) is 2.87. The predicted molar refractivity (Wildman–Crippen MR) is 129 cm³/mol. The van der Waals surface area contributed by atoms with Crippen molar-refractivity contribution < 1.29 is 17.9 Å². The molecule has 0 unspecified atom stereocenters. The summed E-state index contributed by atoms with van der Waals surface area (Å²) in [5.74, 6) is -0.163. The molecule has 0 heterocycles. The van der Waals surface area contributed by atoms with Gasteiger partial charge >= 0.3 is 0 Å². The van der Waals surface area contributed by atoms with Crippen LogP contribution in [-0.2, 0) is 26.2 Å². The molecule has 0 spiro atoms. The van der Waals surface area contributed by atoms with E-state index >= 15 is 0 Å². The first kappa shape index (κ1) is 23.5. The van der Waals surface area contributed by atoms with E-state index < -0.39 is 10.0 Å². The second-order valence-corrected chi connectivity index (χ2v) is 9.41. The minimum atomic E-state index is -3.53. The Morgan fingerprint density at radius 3 is 2.41 bits per heavy atom. The third-order valence-electron chi connectivity index (χ3n) is 4.94. The van der Waals surface area contributed by atoms with Gasteiger partial charge in [0.15, 0.2) is 0 Å². The number of methoxy groups -OCH3 is 1. The summed E-state index contributed by atoms with van der Waals surface area (Å²) in [6.45, 7) is 0.674. The SMILES string of the molecule is COCc1cccc(NC(=O)CCCN(c2ccccc2-c2ccccc2)S(C)(=O)=O)c1. The Morgan fingerprint density at radius 1 is 0.969 bits per heavy atom. The lowest BCUT2D eigenvalue weighted by molar-refractivity contribution is -0.116. The zero-order valence-corrected chi connectivity index (χ0v) is 19.1. The van der Waals surface area contributed by atoms with Crippen LogP contribution in [0.15, 0.2) is 78.9 Å². The first-order valence-corrected chi connectivity index (χ1v) is 12.2. The van der Waals surface area contributed by atoms with E-state index in [1.807, 2.05) is 72.8 Å². The fraction of sp³-hybridized carbons (Fsp3) is 0.240. The second kappa shape index (κ2) is 10.9. The van der Waals surface area contributed by atoms with Gasteiger partial charge < -0.3 is 10.1 Å². The first-order valence-electron chi connectivity index (χ1n) is 10.4. The van der Waals surface area contributed by atoms with Gasteiger partial charge in [-0.05, 0) is 35.7 Å². The maximum atomic E-state index is 12.6. The van der Waals surface area contributed by atoms with Gasteiger partial charge in [0.05, 0.1) is 18.6 Å². The molecule has 0 aromatic heterocycles. The minimum absolute atomic E-state index is 0.163. The summed E-state index contributed by atoms with van der Waals surface area (Å²) in [7, 11) is -1.91. The molecule has 0 aliphatic carbocycles. The lowest BCUT2D eigenvalue weighted by Gasteiger charge is -2.25. The molecular formula is C25H28N2O4S. The van der Waals surface area contributed by atoms with Crippen molar-refractivity contribution in [3.63, 3.8) is 0 Å². The highest BCUT2D eigenvalue weighted by molar-refractivity contribution is 7.92. The number of para-hydroxylation sites is 1. The molecule has 0 atom stereocenters. The smallest absolute Gasteiger partial charge is 0.232 e. The van der Waals surface area contributed by atoms with Crippen LogP contribution in [0.3, 0.4) is 0 Å². The van der Waals surface area contributed by atoms with Crippen LogP contribution in [-0.4, -0.2) is 34.2 Å². The summed E-state index contributed by atoms with van der Waals surface area (Å²) >= 11 is 0.